The molecule has 0 aliphatic heterocycles. The molecule has 3 aromatic rings. The molecule has 3 rings (SSSR count). The maximum absolute atomic E-state index is 13.6. The van der Waals surface area contributed by atoms with Crippen molar-refractivity contribution in [1.29, 1.82) is 0 Å². The molecule has 0 radical (unpaired) electrons. The lowest BCUT2D eigenvalue weighted by atomic mass is 10.2. The number of pyridine rings is 2. The number of nitrogens with zero attached hydrogens (tertiary/aromatic N) is 2. The molecule has 0 saturated heterocycles. The lowest BCUT2D eigenvalue weighted by Gasteiger charge is -2.11. The summed E-state index contributed by atoms with van der Waals surface area (Å²) in [4.78, 5) is 32.2. The fraction of sp³-hybridized carbons (Fsp3) is 0.182. The Morgan fingerprint density at radius 3 is 2.61 bits per heavy atom. The summed E-state index contributed by atoms with van der Waals surface area (Å²) >= 11 is 0. The molecular formula is C22H20F2N4O3. The average Bonchev–Trinajstić information content (AvgIpc) is 2.76. The Balaban J connectivity index is 1.45. The maximum atomic E-state index is 13.6. The summed E-state index contributed by atoms with van der Waals surface area (Å²) in [6.07, 6.45) is 5.28. The molecule has 2 amide bonds. The number of carbonyl (C=O) groups is 2. The normalized spacial score (nSPS) is 10.4. The number of hydrogen-bond acceptors (Lipinski definition) is 5. The van der Waals surface area contributed by atoms with Crippen LogP contribution in [-0.4, -0.2) is 28.3 Å². The third kappa shape index (κ3) is 6.56. The van der Waals surface area contributed by atoms with E-state index >= 15 is 0 Å². The van der Waals surface area contributed by atoms with Gasteiger partial charge < -0.3 is 15.4 Å². The average molecular weight is 426 g/mol. The van der Waals surface area contributed by atoms with E-state index in [0.29, 0.717) is 30.7 Å². The highest BCUT2D eigenvalue weighted by Crippen LogP contribution is 2.22. The quantitative estimate of drug-likeness (QED) is 0.511. The van der Waals surface area contributed by atoms with Crippen LogP contribution in [0.5, 0.6) is 5.75 Å². The van der Waals surface area contributed by atoms with Gasteiger partial charge in [-0.2, -0.15) is 0 Å². The van der Waals surface area contributed by atoms with Gasteiger partial charge in [0.15, 0.2) is 11.6 Å². The molecule has 0 unspecified atom stereocenters. The molecule has 0 atom stereocenters. The Bertz CT molecular complexity index is 1050. The van der Waals surface area contributed by atoms with Crippen molar-refractivity contribution in [2.75, 3.05) is 11.9 Å². The highest BCUT2D eigenvalue weighted by Gasteiger charge is 2.13. The third-order valence-corrected chi connectivity index (χ3v) is 4.21. The topological polar surface area (TPSA) is 93.2 Å². The standard InChI is InChI=1S/C22H20F2N4O3/c23-16-5-6-17(18(24)13-16)22(30)27-10-2-4-20(29)28-21-19(3-1-9-26-21)31-14-15-7-11-25-12-8-15/h1,3,5-9,11-13H,2,4,10,14H2,(H,27,30)(H,26,28,29). The molecule has 0 aliphatic rings. The molecule has 2 heterocycles. The number of aromatic nitrogens is 2. The molecule has 0 aliphatic carbocycles. The van der Waals surface area contributed by atoms with Crippen LogP contribution in [0.1, 0.15) is 28.8 Å². The molecular weight excluding hydrogens is 406 g/mol. The van der Waals surface area contributed by atoms with Gasteiger partial charge in [-0.3, -0.25) is 14.6 Å². The highest BCUT2D eigenvalue weighted by molar-refractivity contribution is 5.94. The summed E-state index contributed by atoms with van der Waals surface area (Å²) < 4.78 is 32.2. The second-order valence-electron chi connectivity index (χ2n) is 6.53. The first kappa shape index (κ1) is 21.8. The Morgan fingerprint density at radius 1 is 1.03 bits per heavy atom. The lowest BCUT2D eigenvalue weighted by Crippen LogP contribution is -2.26. The third-order valence-electron chi connectivity index (χ3n) is 4.21. The number of anilines is 1. The Labute approximate surface area is 177 Å². The smallest absolute Gasteiger partial charge is 0.254 e. The molecule has 0 fully saturated rings. The second-order valence-corrected chi connectivity index (χ2v) is 6.53. The van der Waals surface area contributed by atoms with E-state index in [1.54, 1.807) is 24.5 Å². The second kappa shape index (κ2) is 10.8. The summed E-state index contributed by atoms with van der Waals surface area (Å²) in [5.41, 5.74) is 0.666. The summed E-state index contributed by atoms with van der Waals surface area (Å²) in [6, 6.07) is 9.75. The molecule has 1 aromatic carbocycles. The van der Waals surface area contributed by atoms with Crippen molar-refractivity contribution in [2.45, 2.75) is 19.4 Å². The molecule has 2 N–H and O–H groups in total. The Hall–Kier alpha value is -3.88. The van der Waals surface area contributed by atoms with E-state index in [9.17, 15) is 18.4 Å². The molecule has 0 spiro atoms. The van der Waals surface area contributed by atoms with E-state index in [1.165, 1.54) is 6.20 Å². The van der Waals surface area contributed by atoms with Crippen LogP contribution >= 0.6 is 0 Å². The number of hydrogen-bond donors (Lipinski definition) is 2. The van der Waals surface area contributed by atoms with E-state index in [2.05, 4.69) is 20.6 Å². The predicted octanol–water partition coefficient (Wildman–Crippen LogP) is 3.48. The highest BCUT2D eigenvalue weighted by atomic mass is 19.1. The van der Waals surface area contributed by atoms with Gasteiger partial charge >= 0.3 is 0 Å². The first-order valence-corrected chi connectivity index (χ1v) is 9.53. The SMILES string of the molecule is O=C(CCCNC(=O)c1ccc(F)cc1F)Nc1ncccc1OCc1ccncc1. The minimum absolute atomic E-state index is 0.104. The van der Waals surface area contributed by atoms with Crippen molar-refractivity contribution in [3.63, 3.8) is 0 Å². The van der Waals surface area contributed by atoms with Gasteiger partial charge in [0.1, 0.15) is 18.2 Å². The van der Waals surface area contributed by atoms with Gasteiger partial charge in [-0.1, -0.05) is 0 Å². The van der Waals surface area contributed by atoms with Gasteiger partial charge in [0.2, 0.25) is 5.91 Å². The van der Waals surface area contributed by atoms with Gasteiger partial charge in [0.25, 0.3) is 5.91 Å². The van der Waals surface area contributed by atoms with Crippen molar-refractivity contribution in [3.05, 3.63) is 83.8 Å². The molecule has 7 nitrogen and oxygen atoms in total. The summed E-state index contributed by atoms with van der Waals surface area (Å²) in [7, 11) is 0. The van der Waals surface area contributed by atoms with Crippen LogP contribution < -0.4 is 15.4 Å². The van der Waals surface area contributed by atoms with E-state index in [4.69, 9.17) is 4.74 Å². The van der Waals surface area contributed by atoms with E-state index in [-0.39, 0.29) is 24.4 Å². The number of benzene rings is 1. The zero-order valence-corrected chi connectivity index (χ0v) is 16.5. The first-order chi connectivity index (χ1) is 15.0. The van der Waals surface area contributed by atoms with Crippen LogP contribution in [0.3, 0.4) is 0 Å². The molecule has 31 heavy (non-hydrogen) atoms. The molecule has 9 heteroatoms. The monoisotopic (exact) mass is 426 g/mol. The van der Waals surface area contributed by atoms with E-state index < -0.39 is 17.5 Å². The van der Waals surface area contributed by atoms with Crippen LogP contribution in [0.4, 0.5) is 14.6 Å². The van der Waals surface area contributed by atoms with Gasteiger partial charge in [0, 0.05) is 37.6 Å². The Kier molecular flexibility index (Phi) is 7.58. The minimum atomic E-state index is -0.940. The van der Waals surface area contributed by atoms with Gasteiger partial charge in [-0.05, 0) is 48.4 Å². The largest absolute Gasteiger partial charge is 0.485 e. The zero-order chi connectivity index (χ0) is 22.1. The maximum Gasteiger partial charge on any atom is 0.254 e. The molecule has 0 saturated carbocycles. The molecule has 0 bridgehead atoms. The predicted molar refractivity (Wildman–Crippen MR) is 109 cm³/mol. The molecule has 160 valence electrons. The van der Waals surface area contributed by atoms with E-state index in [0.717, 1.165) is 17.7 Å². The number of nitrogens with one attached hydrogen (secondary N) is 2. The number of carbonyl (C=O) groups excluding carboxylic acids is 2. The number of amides is 2. The minimum Gasteiger partial charge on any atom is -0.485 e. The van der Waals surface area contributed by atoms with Crippen LogP contribution in [0, 0.1) is 11.6 Å². The number of halogens is 2. The summed E-state index contributed by atoms with van der Waals surface area (Å²) in [6.45, 7) is 0.444. The van der Waals surface area contributed by atoms with Crippen molar-refractivity contribution in [1.82, 2.24) is 15.3 Å². The number of rotatable bonds is 9. The van der Waals surface area contributed by atoms with Crippen LogP contribution in [0.2, 0.25) is 0 Å². The summed E-state index contributed by atoms with van der Waals surface area (Å²) in [5.74, 6) is -1.97. The van der Waals surface area contributed by atoms with Crippen molar-refractivity contribution in [2.24, 2.45) is 0 Å². The number of ether oxygens (including phenoxy) is 1. The molecule has 2 aromatic heterocycles. The zero-order valence-electron chi connectivity index (χ0n) is 16.5. The van der Waals surface area contributed by atoms with Gasteiger partial charge in [0.05, 0.1) is 5.56 Å². The van der Waals surface area contributed by atoms with Crippen LogP contribution in [0.15, 0.2) is 61.1 Å². The van der Waals surface area contributed by atoms with Crippen molar-refractivity contribution < 1.29 is 23.1 Å². The van der Waals surface area contributed by atoms with Crippen LogP contribution in [0.25, 0.3) is 0 Å². The van der Waals surface area contributed by atoms with Crippen LogP contribution in [-0.2, 0) is 11.4 Å². The van der Waals surface area contributed by atoms with Crippen molar-refractivity contribution >= 4 is 17.6 Å². The van der Waals surface area contributed by atoms with Gasteiger partial charge in [-0.15, -0.1) is 0 Å². The fourth-order valence-electron chi connectivity index (χ4n) is 2.66. The van der Waals surface area contributed by atoms with Crippen molar-refractivity contribution in [3.8, 4) is 5.75 Å². The lowest BCUT2D eigenvalue weighted by molar-refractivity contribution is -0.116. The Morgan fingerprint density at radius 2 is 1.84 bits per heavy atom. The summed E-state index contributed by atoms with van der Waals surface area (Å²) in [5, 5.41) is 5.18. The van der Waals surface area contributed by atoms with E-state index in [1.807, 2.05) is 12.1 Å². The fourth-order valence-corrected chi connectivity index (χ4v) is 2.66. The first-order valence-electron chi connectivity index (χ1n) is 9.53. The van der Waals surface area contributed by atoms with Gasteiger partial charge in [-0.25, -0.2) is 13.8 Å².